The standard InChI is InChI=1S/C29H32N6O3S/c30-16-23-15-22(3-6-27(23)38-26-9-13-39(36)14-10-26)28-31-19-32-29(34-28)33-24-4-1-20(2-5-24)21-7-11-35(12-8-21)25-17-37-18-25/h1-6,15,19,21,25-26H,7-14,17-18H2,(H,31,32,33,34). The average molecular weight is 545 g/mol. The lowest BCUT2D eigenvalue weighted by Gasteiger charge is -2.41. The summed E-state index contributed by atoms with van der Waals surface area (Å²) in [6.45, 7) is 4.04. The minimum absolute atomic E-state index is 0.0183. The van der Waals surface area contributed by atoms with Gasteiger partial charge in [-0.2, -0.15) is 10.2 Å². The molecule has 39 heavy (non-hydrogen) atoms. The lowest BCUT2D eigenvalue weighted by Crippen LogP contribution is -2.51. The summed E-state index contributed by atoms with van der Waals surface area (Å²) in [5.74, 6) is 3.33. The molecule has 4 heterocycles. The quantitative estimate of drug-likeness (QED) is 0.471. The zero-order chi connectivity index (χ0) is 26.6. The Kier molecular flexibility index (Phi) is 7.81. The minimum Gasteiger partial charge on any atom is -0.489 e. The van der Waals surface area contributed by atoms with Gasteiger partial charge in [0.05, 0.1) is 24.8 Å². The molecule has 2 aromatic carbocycles. The van der Waals surface area contributed by atoms with E-state index in [4.69, 9.17) is 9.47 Å². The molecule has 1 aromatic heterocycles. The maximum absolute atomic E-state index is 11.6. The predicted octanol–water partition coefficient (Wildman–Crippen LogP) is 4.02. The van der Waals surface area contributed by atoms with Gasteiger partial charge >= 0.3 is 0 Å². The number of rotatable bonds is 7. The van der Waals surface area contributed by atoms with Crippen LogP contribution in [0.5, 0.6) is 5.75 Å². The number of hydrogen-bond acceptors (Lipinski definition) is 9. The van der Waals surface area contributed by atoms with Crippen LogP contribution in [-0.2, 0) is 15.5 Å². The fraction of sp³-hybridized carbons (Fsp3) is 0.448. The zero-order valence-corrected chi connectivity index (χ0v) is 22.6. The lowest BCUT2D eigenvalue weighted by molar-refractivity contribution is -0.0712. The number of piperidine rings is 1. The maximum atomic E-state index is 11.6. The number of nitriles is 1. The maximum Gasteiger partial charge on any atom is 0.230 e. The number of hydrogen-bond donors (Lipinski definition) is 1. The number of likely N-dealkylation sites (tertiary alicyclic amines) is 1. The summed E-state index contributed by atoms with van der Waals surface area (Å²) >= 11 is 0. The number of benzene rings is 2. The molecule has 0 atom stereocenters. The number of ether oxygens (including phenoxy) is 2. The van der Waals surface area contributed by atoms with Gasteiger partial charge in [0.15, 0.2) is 5.82 Å². The summed E-state index contributed by atoms with van der Waals surface area (Å²) in [6, 6.07) is 16.8. The van der Waals surface area contributed by atoms with E-state index in [1.807, 2.05) is 6.07 Å². The van der Waals surface area contributed by atoms with Crippen LogP contribution in [0.15, 0.2) is 48.8 Å². The van der Waals surface area contributed by atoms with E-state index in [0.717, 1.165) is 44.8 Å². The van der Waals surface area contributed by atoms with Gasteiger partial charge < -0.3 is 14.8 Å². The largest absolute Gasteiger partial charge is 0.489 e. The van der Waals surface area contributed by atoms with Gasteiger partial charge in [0.25, 0.3) is 0 Å². The van der Waals surface area contributed by atoms with Gasteiger partial charge in [0.2, 0.25) is 5.95 Å². The second kappa shape index (κ2) is 11.8. The summed E-state index contributed by atoms with van der Waals surface area (Å²) < 4.78 is 23.0. The Morgan fingerprint density at radius 2 is 1.79 bits per heavy atom. The van der Waals surface area contributed by atoms with E-state index >= 15 is 0 Å². The second-order valence-electron chi connectivity index (χ2n) is 10.4. The molecule has 0 amide bonds. The van der Waals surface area contributed by atoms with Crippen molar-refractivity contribution in [2.24, 2.45) is 0 Å². The Morgan fingerprint density at radius 1 is 1.03 bits per heavy atom. The van der Waals surface area contributed by atoms with Crippen molar-refractivity contribution < 1.29 is 13.7 Å². The van der Waals surface area contributed by atoms with Crippen molar-refractivity contribution in [2.45, 2.75) is 43.7 Å². The van der Waals surface area contributed by atoms with Crippen LogP contribution in [-0.4, -0.2) is 74.0 Å². The Labute approximate surface area is 231 Å². The van der Waals surface area contributed by atoms with E-state index in [2.05, 4.69) is 55.5 Å². The van der Waals surface area contributed by atoms with Crippen molar-refractivity contribution in [1.29, 1.82) is 5.26 Å². The van der Waals surface area contributed by atoms with Gasteiger partial charge in [-0.05, 0) is 80.6 Å². The van der Waals surface area contributed by atoms with Crippen LogP contribution in [0.25, 0.3) is 11.4 Å². The minimum atomic E-state index is -0.754. The third kappa shape index (κ3) is 6.11. The van der Waals surface area contributed by atoms with Gasteiger partial charge in [-0.25, -0.2) is 9.97 Å². The molecule has 0 saturated carbocycles. The van der Waals surface area contributed by atoms with Crippen LogP contribution in [0.2, 0.25) is 0 Å². The molecule has 3 aromatic rings. The normalized spacial score (nSPS) is 22.5. The van der Waals surface area contributed by atoms with E-state index < -0.39 is 10.8 Å². The summed E-state index contributed by atoms with van der Waals surface area (Å²) in [6.07, 6.45) is 5.27. The first-order chi connectivity index (χ1) is 19.1. The van der Waals surface area contributed by atoms with Gasteiger partial charge in [-0.1, -0.05) is 12.1 Å². The molecule has 1 N–H and O–H groups in total. The smallest absolute Gasteiger partial charge is 0.230 e. The first kappa shape index (κ1) is 25.9. The Bertz CT molecular complexity index is 1360. The summed E-state index contributed by atoms with van der Waals surface area (Å²) in [7, 11) is -0.754. The lowest BCUT2D eigenvalue weighted by atomic mass is 9.88. The topological polar surface area (TPSA) is 113 Å². The van der Waals surface area contributed by atoms with Crippen LogP contribution < -0.4 is 10.1 Å². The molecule has 0 unspecified atom stereocenters. The molecule has 9 nitrogen and oxygen atoms in total. The van der Waals surface area contributed by atoms with Crippen molar-refractivity contribution >= 4 is 22.4 Å². The molecule has 0 spiro atoms. The Morgan fingerprint density at radius 3 is 2.49 bits per heavy atom. The molecule has 3 aliphatic rings. The fourth-order valence-electron chi connectivity index (χ4n) is 5.42. The van der Waals surface area contributed by atoms with Crippen LogP contribution >= 0.6 is 0 Å². The number of anilines is 2. The third-order valence-corrected chi connectivity index (χ3v) is 9.25. The number of nitrogens with zero attached hydrogens (tertiary/aromatic N) is 5. The first-order valence-electron chi connectivity index (χ1n) is 13.6. The van der Waals surface area contributed by atoms with Crippen LogP contribution in [0.4, 0.5) is 11.6 Å². The molecule has 0 aliphatic carbocycles. The Balaban J connectivity index is 1.09. The summed E-state index contributed by atoms with van der Waals surface area (Å²) in [5.41, 5.74) is 3.42. The second-order valence-corrected chi connectivity index (χ2v) is 12.1. The molecule has 3 aliphatic heterocycles. The molecular weight excluding hydrogens is 512 g/mol. The monoisotopic (exact) mass is 544 g/mol. The van der Waals surface area contributed by atoms with Gasteiger partial charge in [-0.3, -0.25) is 9.11 Å². The third-order valence-electron chi connectivity index (χ3n) is 7.86. The molecule has 3 fully saturated rings. The molecule has 3 saturated heterocycles. The molecule has 0 bridgehead atoms. The van der Waals surface area contributed by atoms with Crippen LogP contribution in [0.3, 0.4) is 0 Å². The molecule has 202 valence electrons. The average Bonchev–Trinajstić information content (AvgIpc) is 2.95. The highest BCUT2D eigenvalue weighted by atomic mass is 32.2. The molecule has 6 rings (SSSR count). The molecule has 0 radical (unpaired) electrons. The summed E-state index contributed by atoms with van der Waals surface area (Å²) in [5, 5.41) is 13.0. The fourth-order valence-corrected chi connectivity index (χ4v) is 6.68. The summed E-state index contributed by atoms with van der Waals surface area (Å²) in [4.78, 5) is 15.8. The first-order valence-corrected chi connectivity index (χ1v) is 15.1. The number of aromatic nitrogens is 3. The van der Waals surface area contributed by atoms with Crippen LogP contribution in [0, 0.1) is 11.3 Å². The highest BCUT2D eigenvalue weighted by Gasteiger charge is 2.30. The van der Waals surface area contributed by atoms with Gasteiger partial charge in [0, 0.05) is 33.6 Å². The molecular formula is C29H32N6O3S. The van der Waals surface area contributed by atoms with Crippen molar-refractivity contribution in [2.75, 3.05) is 43.1 Å². The zero-order valence-electron chi connectivity index (χ0n) is 21.8. The SMILES string of the molecule is N#Cc1cc(-c2ncnc(Nc3ccc(C4CCN(C5COC5)CC4)cc3)n2)ccc1OC1CCS(=O)CC1. The molecule has 10 heteroatoms. The van der Waals surface area contributed by atoms with E-state index in [1.165, 1.54) is 24.7 Å². The van der Waals surface area contributed by atoms with E-state index in [9.17, 15) is 9.47 Å². The highest BCUT2D eigenvalue weighted by molar-refractivity contribution is 7.85. The Hall–Kier alpha value is -3.39. The highest BCUT2D eigenvalue weighted by Crippen LogP contribution is 2.31. The predicted molar refractivity (Wildman–Crippen MR) is 149 cm³/mol. The van der Waals surface area contributed by atoms with Crippen molar-refractivity contribution in [1.82, 2.24) is 19.9 Å². The van der Waals surface area contributed by atoms with Crippen molar-refractivity contribution in [3.63, 3.8) is 0 Å². The van der Waals surface area contributed by atoms with Crippen molar-refractivity contribution in [3.05, 3.63) is 59.9 Å². The van der Waals surface area contributed by atoms with Gasteiger partial charge in [-0.15, -0.1) is 0 Å². The van der Waals surface area contributed by atoms with Gasteiger partial charge in [0.1, 0.15) is 24.3 Å². The van der Waals surface area contributed by atoms with E-state index in [0.29, 0.717) is 52.1 Å². The van der Waals surface area contributed by atoms with E-state index in [1.54, 1.807) is 12.1 Å². The van der Waals surface area contributed by atoms with E-state index in [-0.39, 0.29) is 6.10 Å². The van der Waals surface area contributed by atoms with Crippen molar-refractivity contribution in [3.8, 4) is 23.2 Å². The number of nitrogens with one attached hydrogen (secondary N) is 1. The van der Waals surface area contributed by atoms with Crippen LogP contribution in [0.1, 0.15) is 42.7 Å².